The molecule has 1 heterocycles. The average Bonchev–Trinajstić information content (AvgIpc) is 3.08. The van der Waals surface area contributed by atoms with Crippen molar-refractivity contribution in [2.75, 3.05) is 34.3 Å². The molecule has 5 nitrogen and oxygen atoms in total. The second kappa shape index (κ2) is 6.63. The molecule has 0 amide bonds. The first-order valence-electron chi connectivity index (χ1n) is 8.12. The molecule has 1 saturated carbocycles. The molecule has 0 bridgehead atoms. The number of likely N-dealkylation sites (N-methyl/N-ethyl adjacent to an activating group) is 1. The zero-order valence-corrected chi connectivity index (χ0v) is 14.2. The number of esters is 1. The second-order valence-corrected chi connectivity index (χ2v) is 7.20. The lowest BCUT2D eigenvalue weighted by atomic mass is 9.92. The van der Waals surface area contributed by atoms with Gasteiger partial charge in [0.15, 0.2) is 0 Å². The third kappa shape index (κ3) is 4.18. The van der Waals surface area contributed by atoms with E-state index in [4.69, 9.17) is 4.74 Å². The lowest BCUT2D eigenvalue weighted by molar-refractivity contribution is -0.149. The van der Waals surface area contributed by atoms with E-state index in [1.54, 1.807) is 0 Å². The Morgan fingerprint density at radius 2 is 2.10 bits per heavy atom. The van der Waals surface area contributed by atoms with E-state index in [1.807, 2.05) is 6.92 Å². The topological polar surface area (TPSA) is 44.8 Å². The van der Waals surface area contributed by atoms with Crippen LogP contribution >= 0.6 is 0 Å². The molecule has 0 spiro atoms. The molecule has 1 aliphatic heterocycles. The van der Waals surface area contributed by atoms with Gasteiger partial charge in [0.2, 0.25) is 0 Å². The summed E-state index contributed by atoms with van der Waals surface area (Å²) in [5, 5.41) is 3.49. The van der Waals surface area contributed by atoms with Crippen molar-refractivity contribution in [3.63, 3.8) is 0 Å². The molecule has 0 aromatic carbocycles. The van der Waals surface area contributed by atoms with E-state index in [1.165, 1.54) is 26.4 Å². The van der Waals surface area contributed by atoms with E-state index in [0.717, 1.165) is 19.5 Å². The highest BCUT2D eigenvalue weighted by Gasteiger charge is 2.42. The summed E-state index contributed by atoms with van der Waals surface area (Å²) in [5.41, 5.74) is -0.564. The van der Waals surface area contributed by atoms with Crippen LogP contribution in [0.3, 0.4) is 0 Å². The smallest absolute Gasteiger partial charge is 0.325 e. The predicted octanol–water partition coefficient (Wildman–Crippen LogP) is 1.08. The molecule has 1 saturated heterocycles. The van der Waals surface area contributed by atoms with Gasteiger partial charge in [-0.1, -0.05) is 0 Å². The standard InChI is InChI=1S/C16H31N3O2/c1-12(19-9-8-14(11-19)18(3)4)10-16(2,15(20)21-5)17-13-6-7-13/h12-14,17H,6-11H2,1-5H3. The van der Waals surface area contributed by atoms with Gasteiger partial charge >= 0.3 is 5.97 Å². The van der Waals surface area contributed by atoms with Crippen molar-refractivity contribution in [2.24, 2.45) is 0 Å². The number of hydrogen-bond acceptors (Lipinski definition) is 5. The average molecular weight is 297 g/mol. The van der Waals surface area contributed by atoms with Gasteiger partial charge in [-0.2, -0.15) is 0 Å². The molecule has 0 aromatic rings. The maximum Gasteiger partial charge on any atom is 0.325 e. The van der Waals surface area contributed by atoms with Gasteiger partial charge in [0.25, 0.3) is 0 Å². The lowest BCUT2D eigenvalue weighted by Crippen LogP contribution is -2.54. The van der Waals surface area contributed by atoms with Crippen LogP contribution < -0.4 is 5.32 Å². The fourth-order valence-corrected chi connectivity index (χ4v) is 3.41. The van der Waals surface area contributed by atoms with E-state index in [-0.39, 0.29) is 5.97 Å². The first-order valence-corrected chi connectivity index (χ1v) is 8.12. The van der Waals surface area contributed by atoms with Crippen LogP contribution in [0.25, 0.3) is 0 Å². The van der Waals surface area contributed by atoms with Crippen LogP contribution in [0.15, 0.2) is 0 Å². The minimum Gasteiger partial charge on any atom is -0.468 e. The Labute approximate surface area is 129 Å². The van der Waals surface area contributed by atoms with Crippen LogP contribution in [0.4, 0.5) is 0 Å². The fraction of sp³-hybridized carbons (Fsp3) is 0.938. The molecular formula is C16H31N3O2. The summed E-state index contributed by atoms with van der Waals surface area (Å²) >= 11 is 0. The van der Waals surface area contributed by atoms with Gasteiger partial charge in [0.05, 0.1) is 7.11 Å². The van der Waals surface area contributed by atoms with Crippen molar-refractivity contribution in [3.05, 3.63) is 0 Å². The maximum absolute atomic E-state index is 12.2. The zero-order chi connectivity index (χ0) is 15.6. The predicted molar refractivity (Wildman–Crippen MR) is 84.3 cm³/mol. The molecule has 122 valence electrons. The summed E-state index contributed by atoms with van der Waals surface area (Å²) in [7, 11) is 5.77. The Balaban J connectivity index is 1.94. The molecule has 3 unspecified atom stereocenters. The first kappa shape index (κ1) is 16.7. The second-order valence-electron chi connectivity index (χ2n) is 7.20. The molecule has 2 aliphatic rings. The largest absolute Gasteiger partial charge is 0.468 e. The van der Waals surface area contributed by atoms with Gasteiger partial charge in [-0.15, -0.1) is 0 Å². The number of likely N-dealkylation sites (tertiary alicyclic amines) is 1. The maximum atomic E-state index is 12.2. The Morgan fingerprint density at radius 3 is 2.57 bits per heavy atom. The Bertz CT molecular complexity index is 371. The van der Waals surface area contributed by atoms with Crippen molar-refractivity contribution in [3.8, 4) is 0 Å². The van der Waals surface area contributed by atoms with E-state index in [0.29, 0.717) is 18.1 Å². The number of nitrogens with zero attached hydrogens (tertiary/aromatic N) is 2. The molecule has 2 fully saturated rings. The monoisotopic (exact) mass is 297 g/mol. The highest BCUT2D eigenvalue weighted by Crippen LogP contribution is 2.28. The molecule has 0 aromatic heterocycles. The van der Waals surface area contributed by atoms with Gasteiger partial charge in [-0.25, -0.2) is 0 Å². The molecule has 3 atom stereocenters. The first-order chi connectivity index (χ1) is 9.85. The van der Waals surface area contributed by atoms with E-state index < -0.39 is 5.54 Å². The van der Waals surface area contributed by atoms with Crippen molar-refractivity contribution in [1.82, 2.24) is 15.1 Å². The summed E-state index contributed by atoms with van der Waals surface area (Å²) in [6.07, 6.45) is 4.36. The van der Waals surface area contributed by atoms with Crippen LogP contribution in [0.1, 0.15) is 39.5 Å². The number of nitrogens with one attached hydrogen (secondary N) is 1. The molecule has 1 N–H and O–H groups in total. The molecular weight excluding hydrogens is 266 g/mol. The van der Waals surface area contributed by atoms with Crippen molar-refractivity contribution in [2.45, 2.75) is 63.2 Å². The van der Waals surface area contributed by atoms with Crippen LogP contribution in [-0.2, 0) is 9.53 Å². The summed E-state index contributed by atoms with van der Waals surface area (Å²) in [4.78, 5) is 17.0. The normalized spacial score (nSPS) is 27.6. The summed E-state index contributed by atoms with van der Waals surface area (Å²) in [6, 6.07) is 1.51. The summed E-state index contributed by atoms with van der Waals surface area (Å²) < 4.78 is 5.04. The van der Waals surface area contributed by atoms with Crippen LogP contribution in [0.2, 0.25) is 0 Å². The number of hydrogen-bond donors (Lipinski definition) is 1. The summed E-state index contributed by atoms with van der Waals surface area (Å²) in [5.74, 6) is -0.135. The number of methoxy groups -OCH3 is 1. The van der Waals surface area contributed by atoms with Crippen LogP contribution in [0.5, 0.6) is 0 Å². The van der Waals surface area contributed by atoms with Gasteiger partial charge in [0, 0.05) is 31.2 Å². The minimum absolute atomic E-state index is 0.135. The summed E-state index contributed by atoms with van der Waals surface area (Å²) in [6.45, 7) is 6.43. The van der Waals surface area contributed by atoms with Crippen molar-refractivity contribution < 1.29 is 9.53 Å². The number of carbonyl (C=O) groups excluding carboxylic acids is 1. The highest BCUT2D eigenvalue weighted by molar-refractivity contribution is 5.80. The molecule has 21 heavy (non-hydrogen) atoms. The molecule has 0 radical (unpaired) electrons. The van der Waals surface area contributed by atoms with Gasteiger partial charge in [0.1, 0.15) is 5.54 Å². The van der Waals surface area contributed by atoms with E-state index in [9.17, 15) is 4.79 Å². The third-order valence-electron chi connectivity index (χ3n) is 4.99. The highest BCUT2D eigenvalue weighted by atomic mass is 16.5. The lowest BCUT2D eigenvalue weighted by Gasteiger charge is -2.34. The van der Waals surface area contributed by atoms with Crippen molar-refractivity contribution in [1.29, 1.82) is 0 Å². The fourth-order valence-electron chi connectivity index (χ4n) is 3.41. The van der Waals surface area contributed by atoms with Gasteiger partial charge in [-0.3, -0.25) is 15.0 Å². The Hall–Kier alpha value is -0.650. The molecule has 1 aliphatic carbocycles. The zero-order valence-electron chi connectivity index (χ0n) is 14.2. The van der Waals surface area contributed by atoms with Gasteiger partial charge in [-0.05, 0) is 53.6 Å². The SMILES string of the molecule is COC(=O)C(C)(CC(C)N1CCC(N(C)C)C1)NC1CC1. The third-order valence-corrected chi connectivity index (χ3v) is 4.99. The van der Waals surface area contributed by atoms with Crippen LogP contribution in [-0.4, -0.2) is 73.7 Å². The quantitative estimate of drug-likeness (QED) is 0.713. The Kier molecular flexibility index (Phi) is 5.28. The Morgan fingerprint density at radius 1 is 1.43 bits per heavy atom. The molecule has 5 heteroatoms. The minimum atomic E-state index is -0.564. The number of ether oxygens (including phenoxy) is 1. The van der Waals surface area contributed by atoms with Crippen molar-refractivity contribution >= 4 is 5.97 Å². The number of rotatable bonds is 7. The molecule has 2 rings (SSSR count). The van der Waals surface area contributed by atoms with E-state index in [2.05, 4.69) is 36.1 Å². The van der Waals surface area contributed by atoms with Gasteiger partial charge < -0.3 is 9.64 Å². The number of carbonyl (C=O) groups is 1. The van der Waals surface area contributed by atoms with E-state index >= 15 is 0 Å². The van der Waals surface area contributed by atoms with Crippen LogP contribution in [0, 0.1) is 0 Å².